The van der Waals surface area contributed by atoms with Crippen LogP contribution in [0.3, 0.4) is 0 Å². The van der Waals surface area contributed by atoms with Gasteiger partial charge in [0.15, 0.2) is 0 Å². The quantitative estimate of drug-likeness (QED) is 0.760. The van der Waals surface area contributed by atoms with Gasteiger partial charge in [-0.25, -0.2) is 0 Å². The molecule has 0 bridgehead atoms. The van der Waals surface area contributed by atoms with E-state index in [-0.39, 0.29) is 0 Å². The number of fused-ring (bicyclic) bond motifs is 1. The predicted octanol–water partition coefficient (Wildman–Crippen LogP) is 3.77. The summed E-state index contributed by atoms with van der Waals surface area (Å²) in [6, 6.07) is 13.7. The van der Waals surface area contributed by atoms with Crippen LogP contribution in [0.15, 0.2) is 52.3 Å². The molecule has 1 aromatic carbocycles. The van der Waals surface area contributed by atoms with Gasteiger partial charge in [0, 0.05) is 16.7 Å². The number of aliphatic hydroxyl groups is 1. The normalized spacial score (nSPS) is 13.0. The molecule has 2 aromatic heterocycles. The predicted molar refractivity (Wildman–Crippen MR) is 69.2 cm³/mol. The number of benzene rings is 1. The number of furan rings is 1. The number of hydrogen-bond acceptors (Lipinski definition) is 3. The highest BCUT2D eigenvalue weighted by molar-refractivity contribution is 7.09. The second kappa shape index (κ2) is 4.35. The van der Waals surface area contributed by atoms with Crippen molar-refractivity contribution < 1.29 is 9.52 Å². The summed E-state index contributed by atoms with van der Waals surface area (Å²) in [5.41, 5.74) is 0.827. The average molecular weight is 244 g/mol. The zero-order valence-electron chi connectivity index (χ0n) is 9.17. The van der Waals surface area contributed by atoms with Crippen LogP contribution < -0.4 is 0 Å². The first-order valence-electron chi connectivity index (χ1n) is 5.52. The van der Waals surface area contributed by atoms with Crippen molar-refractivity contribution >= 4 is 22.3 Å². The molecule has 0 radical (unpaired) electrons. The molecule has 3 aromatic rings. The zero-order chi connectivity index (χ0) is 11.7. The molecule has 1 unspecified atom stereocenters. The fraction of sp³-hybridized carbons (Fsp3) is 0.143. The van der Waals surface area contributed by atoms with Crippen LogP contribution in [0.2, 0.25) is 0 Å². The van der Waals surface area contributed by atoms with Gasteiger partial charge in [-0.05, 0) is 23.6 Å². The summed E-state index contributed by atoms with van der Waals surface area (Å²) in [6.07, 6.45) is 0.0401. The molecule has 0 aliphatic carbocycles. The molecule has 86 valence electrons. The van der Waals surface area contributed by atoms with Crippen LogP contribution in [-0.4, -0.2) is 5.11 Å². The van der Waals surface area contributed by atoms with Gasteiger partial charge >= 0.3 is 0 Å². The maximum Gasteiger partial charge on any atom is 0.134 e. The van der Waals surface area contributed by atoms with Crippen molar-refractivity contribution in [2.75, 3.05) is 0 Å². The first-order valence-corrected chi connectivity index (χ1v) is 6.40. The van der Waals surface area contributed by atoms with Gasteiger partial charge in [-0.2, -0.15) is 0 Å². The van der Waals surface area contributed by atoms with Crippen molar-refractivity contribution in [1.29, 1.82) is 0 Å². The molecule has 3 heteroatoms. The Balaban J connectivity index is 1.88. The smallest absolute Gasteiger partial charge is 0.134 e. The number of rotatable bonds is 3. The lowest BCUT2D eigenvalue weighted by molar-refractivity contribution is 0.153. The molecule has 2 nitrogen and oxygen atoms in total. The van der Waals surface area contributed by atoms with Crippen LogP contribution in [0.5, 0.6) is 0 Å². The number of aliphatic hydroxyl groups excluding tert-OH is 1. The number of para-hydroxylation sites is 1. The highest BCUT2D eigenvalue weighted by Crippen LogP contribution is 2.26. The van der Waals surface area contributed by atoms with Crippen molar-refractivity contribution in [2.45, 2.75) is 12.5 Å². The van der Waals surface area contributed by atoms with Gasteiger partial charge in [0.1, 0.15) is 17.4 Å². The summed E-state index contributed by atoms with van der Waals surface area (Å²) in [5, 5.41) is 13.2. The summed E-state index contributed by atoms with van der Waals surface area (Å²) in [6.45, 7) is 0. The third-order valence-corrected chi connectivity index (χ3v) is 3.65. The Morgan fingerprint density at radius 3 is 2.82 bits per heavy atom. The van der Waals surface area contributed by atoms with Crippen molar-refractivity contribution in [3.8, 4) is 0 Å². The average Bonchev–Trinajstić information content (AvgIpc) is 2.96. The first-order chi connectivity index (χ1) is 8.33. The van der Waals surface area contributed by atoms with E-state index in [1.807, 2.05) is 47.8 Å². The van der Waals surface area contributed by atoms with E-state index in [4.69, 9.17) is 4.42 Å². The highest BCUT2D eigenvalue weighted by Gasteiger charge is 2.14. The van der Waals surface area contributed by atoms with E-state index in [0.717, 1.165) is 15.8 Å². The minimum Gasteiger partial charge on any atom is -0.458 e. The second-order valence-corrected chi connectivity index (χ2v) is 5.02. The first kappa shape index (κ1) is 10.6. The standard InChI is InChI=1S/C14H12O2S/c15-12(9-11-5-3-7-17-11)14-8-10-4-1-2-6-13(10)16-14/h1-8,12,15H,9H2. The topological polar surface area (TPSA) is 33.4 Å². The minimum absolute atomic E-state index is 0.568. The lowest BCUT2D eigenvalue weighted by Gasteiger charge is -2.04. The molecular formula is C14H12O2S. The molecule has 2 heterocycles. The van der Waals surface area contributed by atoms with Crippen molar-refractivity contribution in [1.82, 2.24) is 0 Å². The summed E-state index contributed by atoms with van der Waals surface area (Å²) in [5.74, 6) is 0.639. The van der Waals surface area contributed by atoms with E-state index < -0.39 is 6.10 Å². The van der Waals surface area contributed by atoms with Gasteiger partial charge in [0.25, 0.3) is 0 Å². The lowest BCUT2D eigenvalue weighted by atomic mass is 10.1. The third kappa shape index (κ3) is 2.12. The fourth-order valence-electron chi connectivity index (χ4n) is 1.89. The Bertz CT molecular complexity index is 577. The molecule has 0 aliphatic rings. The van der Waals surface area contributed by atoms with Crippen LogP contribution >= 0.6 is 11.3 Å². The van der Waals surface area contributed by atoms with E-state index in [1.165, 1.54) is 0 Å². The number of hydrogen-bond donors (Lipinski definition) is 1. The van der Waals surface area contributed by atoms with Gasteiger partial charge < -0.3 is 9.52 Å². The number of thiophene rings is 1. The second-order valence-electron chi connectivity index (χ2n) is 3.99. The fourth-order valence-corrected chi connectivity index (χ4v) is 2.63. The molecule has 1 N–H and O–H groups in total. The molecule has 0 saturated heterocycles. The van der Waals surface area contributed by atoms with Gasteiger partial charge in [-0.1, -0.05) is 24.3 Å². The zero-order valence-corrected chi connectivity index (χ0v) is 9.98. The summed E-state index contributed by atoms with van der Waals surface area (Å²) >= 11 is 1.65. The van der Waals surface area contributed by atoms with Gasteiger partial charge in [-0.15, -0.1) is 11.3 Å². The Hall–Kier alpha value is -1.58. The van der Waals surface area contributed by atoms with Crippen LogP contribution in [0.1, 0.15) is 16.7 Å². The van der Waals surface area contributed by atoms with Crippen LogP contribution in [0.25, 0.3) is 11.0 Å². The van der Waals surface area contributed by atoms with Gasteiger partial charge in [0.2, 0.25) is 0 Å². The molecule has 0 amide bonds. The van der Waals surface area contributed by atoms with Crippen molar-refractivity contribution in [3.05, 3.63) is 58.5 Å². The molecule has 0 spiro atoms. The van der Waals surface area contributed by atoms with Crippen LogP contribution in [0.4, 0.5) is 0 Å². The molecule has 0 fully saturated rings. The van der Waals surface area contributed by atoms with Crippen molar-refractivity contribution in [3.63, 3.8) is 0 Å². The monoisotopic (exact) mass is 244 g/mol. The van der Waals surface area contributed by atoms with Crippen LogP contribution in [-0.2, 0) is 6.42 Å². The lowest BCUT2D eigenvalue weighted by Crippen LogP contribution is -1.98. The third-order valence-electron chi connectivity index (χ3n) is 2.75. The van der Waals surface area contributed by atoms with E-state index in [0.29, 0.717) is 12.2 Å². The molecule has 17 heavy (non-hydrogen) atoms. The maximum absolute atomic E-state index is 10.1. The van der Waals surface area contributed by atoms with Crippen molar-refractivity contribution in [2.24, 2.45) is 0 Å². The Labute approximate surface area is 103 Å². The summed E-state index contributed by atoms with van der Waals surface area (Å²) < 4.78 is 5.63. The van der Waals surface area contributed by atoms with Gasteiger partial charge in [0.05, 0.1) is 0 Å². The largest absolute Gasteiger partial charge is 0.458 e. The van der Waals surface area contributed by atoms with E-state index in [2.05, 4.69) is 0 Å². The minimum atomic E-state index is -0.568. The van der Waals surface area contributed by atoms with E-state index in [1.54, 1.807) is 11.3 Å². The maximum atomic E-state index is 10.1. The van der Waals surface area contributed by atoms with E-state index in [9.17, 15) is 5.11 Å². The Morgan fingerprint density at radius 1 is 1.18 bits per heavy atom. The Morgan fingerprint density at radius 2 is 2.06 bits per heavy atom. The molecular weight excluding hydrogens is 232 g/mol. The van der Waals surface area contributed by atoms with Gasteiger partial charge in [-0.3, -0.25) is 0 Å². The molecule has 0 saturated carbocycles. The summed E-state index contributed by atoms with van der Waals surface area (Å²) in [4.78, 5) is 1.16. The molecule has 3 rings (SSSR count). The van der Waals surface area contributed by atoms with Crippen LogP contribution in [0, 0.1) is 0 Å². The molecule has 0 aliphatic heterocycles. The summed E-state index contributed by atoms with van der Waals surface area (Å²) in [7, 11) is 0. The highest BCUT2D eigenvalue weighted by atomic mass is 32.1. The Kier molecular flexibility index (Phi) is 2.71. The SMILES string of the molecule is OC(Cc1cccs1)c1cc2ccccc2o1. The molecule has 1 atom stereocenters. The van der Waals surface area contributed by atoms with E-state index >= 15 is 0 Å².